The standard InChI is InChI=1S/C20H22BrFN2O2/c21-17-9-16(10-18(22)11-17)20(26)23-12-14-1-3-15(4-2-14)13-24-7-5-19(25)6-8-24/h1-4,9-11,19,25H,5-8,12-13H2,(H,23,26). The number of aliphatic hydroxyl groups excluding tert-OH is 1. The van der Waals surface area contributed by atoms with Gasteiger partial charge in [0.2, 0.25) is 0 Å². The Morgan fingerprint density at radius 1 is 1.15 bits per heavy atom. The van der Waals surface area contributed by atoms with Gasteiger partial charge in [0.25, 0.3) is 5.91 Å². The lowest BCUT2D eigenvalue weighted by atomic mass is 10.1. The monoisotopic (exact) mass is 420 g/mol. The molecule has 0 spiro atoms. The highest BCUT2D eigenvalue weighted by Crippen LogP contribution is 2.16. The molecule has 1 amide bonds. The third-order valence-corrected chi connectivity index (χ3v) is 5.02. The molecule has 6 heteroatoms. The summed E-state index contributed by atoms with van der Waals surface area (Å²) in [5.41, 5.74) is 2.50. The van der Waals surface area contributed by atoms with Crippen molar-refractivity contribution >= 4 is 21.8 Å². The second-order valence-electron chi connectivity index (χ2n) is 6.66. The quantitative estimate of drug-likeness (QED) is 0.778. The number of carbonyl (C=O) groups is 1. The van der Waals surface area contributed by atoms with Crippen LogP contribution in [0.15, 0.2) is 46.9 Å². The van der Waals surface area contributed by atoms with Crippen LogP contribution >= 0.6 is 15.9 Å². The zero-order valence-electron chi connectivity index (χ0n) is 14.4. The number of hydrogen-bond donors (Lipinski definition) is 2. The minimum Gasteiger partial charge on any atom is -0.393 e. The third-order valence-electron chi connectivity index (χ3n) is 4.56. The van der Waals surface area contributed by atoms with E-state index in [1.54, 1.807) is 6.07 Å². The molecule has 2 aromatic rings. The van der Waals surface area contributed by atoms with Gasteiger partial charge in [0, 0.05) is 36.2 Å². The lowest BCUT2D eigenvalue weighted by molar-refractivity contribution is 0.0792. The van der Waals surface area contributed by atoms with Crippen molar-refractivity contribution in [2.24, 2.45) is 0 Å². The molecular weight excluding hydrogens is 399 g/mol. The molecule has 0 aliphatic carbocycles. The first-order valence-corrected chi connectivity index (χ1v) is 9.51. The average Bonchev–Trinajstić information content (AvgIpc) is 2.62. The number of nitrogens with zero attached hydrogens (tertiary/aromatic N) is 1. The minimum absolute atomic E-state index is 0.157. The zero-order chi connectivity index (χ0) is 18.5. The second kappa shape index (κ2) is 8.75. The molecule has 4 nitrogen and oxygen atoms in total. The molecule has 2 aromatic carbocycles. The van der Waals surface area contributed by atoms with Gasteiger partial charge in [-0.05, 0) is 42.2 Å². The van der Waals surface area contributed by atoms with E-state index in [1.165, 1.54) is 17.7 Å². The smallest absolute Gasteiger partial charge is 0.251 e. The van der Waals surface area contributed by atoms with E-state index in [-0.39, 0.29) is 12.0 Å². The first kappa shape index (κ1) is 19.0. The Kier molecular flexibility index (Phi) is 6.40. The summed E-state index contributed by atoms with van der Waals surface area (Å²) in [4.78, 5) is 14.5. The van der Waals surface area contributed by atoms with Gasteiger partial charge in [-0.3, -0.25) is 9.69 Å². The van der Waals surface area contributed by atoms with Gasteiger partial charge in [-0.2, -0.15) is 0 Å². The zero-order valence-corrected chi connectivity index (χ0v) is 16.0. The molecule has 138 valence electrons. The summed E-state index contributed by atoms with van der Waals surface area (Å²) in [6.07, 6.45) is 1.51. The Hall–Kier alpha value is -1.76. The van der Waals surface area contributed by atoms with Crippen LogP contribution in [0.25, 0.3) is 0 Å². The lowest BCUT2D eigenvalue weighted by Crippen LogP contribution is -2.35. The van der Waals surface area contributed by atoms with Crippen LogP contribution in [-0.4, -0.2) is 35.1 Å². The predicted molar refractivity (Wildman–Crippen MR) is 102 cm³/mol. The molecule has 0 saturated carbocycles. The van der Waals surface area contributed by atoms with E-state index in [4.69, 9.17) is 0 Å². The maximum atomic E-state index is 13.4. The van der Waals surface area contributed by atoms with Gasteiger partial charge in [-0.15, -0.1) is 0 Å². The summed E-state index contributed by atoms with van der Waals surface area (Å²) in [5, 5.41) is 12.4. The summed E-state index contributed by atoms with van der Waals surface area (Å²) in [7, 11) is 0. The maximum Gasteiger partial charge on any atom is 0.251 e. The van der Waals surface area contributed by atoms with Gasteiger partial charge < -0.3 is 10.4 Å². The van der Waals surface area contributed by atoms with E-state index in [2.05, 4.69) is 38.3 Å². The number of piperidine rings is 1. The van der Waals surface area contributed by atoms with Crippen LogP contribution in [0.3, 0.4) is 0 Å². The van der Waals surface area contributed by atoms with Gasteiger partial charge >= 0.3 is 0 Å². The first-order chi connectivity index (χ1) is 12.5. The van der Waals surface area contributed by atoms with E-state index in [0.717, 1.165) is 38.0 Å². The van der Waals surface area contributed by atoms with Gasteiger partial charge in [0.15, 0.2) is 0 Å². The van der Waals surface area contributed by atoms with Gasteiger partial charge in [0.1, 0.15) is 5.82 Å². The molecule has 1 aliphatic heterocycles. The first-order valence-electron chi connectivity index (χ1n) is 8.72. The number of nitrogens with one attached hydrogen (secondary N) is 1. The fourth-order valence-electron chi connectivity index (χ4n) is 3.07. The van der Waals surface area contributed by atoms with Gasteiger partial charge in [0.05, 0.1) is 6.10 Å². The highest BCUT2D eigenvalue weighted by atomic mass is 79.9. The van der Waals surface area contributed by atoms with Crippen molar-refractivity contribution in [3.8, 4) is 0 Å². The molecule has 2 N–H and O–H groups in total. The van der Waals surface area contributed by atoms with Crippen molar-refractivity contribution in [3.05, 3.63) is 69.4 Å². The minimum atomic E-state index is -0.445. The second-order valence-corrected chi connectivity index (χ2v) is 7.58. The fraction of sp³-hybridized carbons (Fsp3) is 0.350. The Balaban J connectivity index is 1.51. The Bertz CT molecular complexity index is 739. The van der Waals surface area contributed by atoms with Crippen LogP contribution in [0.5, 0.6) is 0 Å². The largest absolute Gasteiger partial charge is 0.393 e. The summed E-state index contributed by atoms with van der Waals surface area (Å²) in [6, 6.07) is 12.2. The molecule has 1 fully saturated rings. The number of benzene rings is 2. The van der Waals surface area contributed by atoms with Crippen LogP contribution in [0.2, 0.25) is 0 Å². The van der Waals surface area contributed by atoms with Gasteiger partial charge in [-0.25, -0.2) is 4.39 Å². The summed E-state index contributed by atoms with van der Waals surface area (Å²) >= 11 is 3.19. The van der Waals surface area contributed by atoms with Crippen LogP contribution in [0, 0.1) is 5.82 Å². The van der Waals surface area contributed by atoms with E-state index in [9.17, 15) is 14.3 Å². The van der Waals surface area contributed by atoms with Crippen molar-refractivity contribution in [1.82, 2.24) is 10.2 Å². The highest BCUT2D eigenvalue weighted by Gasteiger charge is 2.16. The molecule has 3 rings (SSSR count). The van der Waals surface area contributed by atoms with E-state index in [1.807, 2.05) is 12.1 Å². The van der Waals surface area contributed by atoms with E-state index in [0.29, 0.717) is 16.6 Å². The molecule has 0 radical (unpaired) electrons. The predicted octanol–water partition coefficient (Wildman–Crippen LogP) is 3.47. The Labute approximate surface area is 161 Å². The molecule has 1 heterocycles. The Morgan fingerprint density at radius 3 is 2.46 bits per heavy atom. The van der Waals surface area contributed by atoms with Crippen LogP contribution in [0.1, 0.15) is 34.3 Å². The van der Waals surface area contributed by atoms with Gasteiger partial charge in [-0.1, -0.05) is 40.2 Å². The van der Waals surface area contributed by atoms with Crippen molar-refractivity contribution in [2.75, 3.05) is 13.1 Å². The van der Waals surface area contributed by atoms with E-state index >= 15 is 0 Å². The van der Waals surface area contributed by atoms with Crippen LogP contribution in [0.4, 0.5) is 4.39 Å². The molecule has 26 heavy (non-hydrogen) atoms. The lowest BCUT2D eigenvalue weighted by Gasteiger charge is -2.29. The third kappa shape index (κ3) is 5.37. The number of hydrogen-bond acceptors (Lipinski definition) is 3. The number of carbonyl (C=O) groups excluding carboxylic acids is 1. The number of halogens is 2. The Morgan fingerprint density at radius 2 is 1.81 bits per heavy atom. The fourth-order valence-corrected chi connectivity index (χ4v) is 3.53. The van der Waals surface area contributed by atoms with Crippen LogP contribution < -0.4 is 5.32 Å². The average molecular weight is 421 g/mol. The summed E-state index contributed by atoms with van der Waals surface area (Å²) in [5.74, 6) is -0.750. The number of aliphatic hydroxyl groups is 1. The SMILES string of the molecule is O=C(NCc1ccc(CN2CCC(O)CC2)cc1)c1cc(F)cc(Br)c1. The number of amides is 1. The molecule has 0 unspecified atom stereocenters. The summed E-state index contributed by atoms with van der Waals surface area (Å²) in [6.45, 7) is 3.10. The molecule has 1 saturated heterocycles. The maximum absolute atomic E-state index is 13.4. The topological polar surface area (TPSA) is 52.6 Å². The molecule has 0 bridgehead atoms. The molecule has 1 aliphatic rings. The van der Waals surface area contributed by atoms with Crippen molar-refractivity contribution in [3.63, 3.8) is 0 Å². The van der Waals surface area contributed by atoms with E-state index < -0.39 is 5.82 Å². The molecule has 0 aromatic heterocycles. The van der Waals surface area contributed by atoms with Crippen molar-refractivity contribution in [1.29, 1.82) is 0 Å². The number of likely N-dealkylation sites (tertiary alicyclic amines) is 1. The van der Waals surface area contributed by atoms with Crippen molar-refractivity contribution < 1.29 is 14.3 Å². The van der Waals surface area contributed by atoms with Crippen molar-refractivity contribution in [2.45, 2.75) is 32.0 Å². The van der Waals surface area contributed by atoms with Crippen LogP contribution in [-0.2, 0) is 13.1 Å². The normalized spacial score (nSPS) is 15.8. The number of rotatable bonds is 5. The molecular formula is C20H22BrFN2O2. The summed E-state index contributed by atoms with van der Waals surface area (Å²) < 4.78 is 13.9. The molecule has 0 atom stereocenters. The highest BCUT2D eigenvalue weighted by molar-refractivity contribution is 9.10.